The topological polar surface area (TPSA) is 83.0 Å². The van der Waals surface area contributed by atoms with E-state index in [0.29, 0.717) is 48.0 Å². The number of hydrogen-bond acceptors (Lipinski definition) is 6. The molecule has 1 unspecified atom stereocenters. The van der Waals surface area contributed by atoms with E-state index in [1.165, 1.54) is 4.90 Å². The first-order valence-electron chi connectivity index (χ1n) is 10.7. The molecule has 0 bridgehead atoms. The van der Waals surface area contributed by atoms with E-state index < -0.39 is 0 Å². The number of carbonyl (C=O) groups is 2. The largest absolute Gasteiger partial charge is 0.494 e. The highest BCUT2D eigenvalue weighted by molar-refractivity contribution is 6.35. The minimum Gasteiger partial charge on any atom is -0.494 e. The molecule has 4 rings (SSSR count). The molecule has 7 heteroatoms. The maximum absolute atomic E-state index is 13.5. The summed E-state index contributed by atoms with van der Waals surface area (Å²) in [5, 5.41) is 9.65. The molecule has 0 spiro atoms. The molecule has 2 aliphatic rings. The van der Waals surface area contributed by atoms with Crippen LogP contribution >= 0.6 is 0 Å². The molecule has 1 atom stereocenters. The standard InChI is InChI=1S/C24H27N3O4/c1-2-31-20-10-8-18(9-11-20)21-22(26-13-5-6-17(14-26)16-28)24(30)27(23(21)29)15-19-7-3-4-12-25-19/h3-4,7-12,17,28H,2,5-6,13-16H2,1H3. The summed E-state index contributed by atoms with van der Waals surface area (Å²) in [5.41, 5.74) is 2.17. The van der Waals surface area contributed by atoms with Gasteiger partial charge >= 0.3 is 0 Å². The molecular weight excluding hydrogens is 394 g/mol. The van der Waals surface area contributed by atoms with Crippen molar-refractivity contribution in [2.24, 2.45) is 5.92 Å². The summed E-state index contributed by atoms with van der Waals surface area (Å²) in [7, 11) is 0. The molecule has 2 amide bonds. The molecule has 1 aromatic heterocycles. The van der Waals surface area contributed by atoms with E-state index in [4.69, 9.17) is 4.74 Å². The van der Waals surface area contributed by atoms with E-state index in [1.807, 2.05) is 42.2 Å². The molecule has 1 N–H and O–H groups in total. The normalized spacial score (nSPS) is 19.4. The Morgan fingerprint density at radius 1 is 1.13 bits per heavy atom. The summed E-state index contributed by atoms with van der Waals surface area (Å²) >= 11 is 0. The fourth-order valence-corrected chi connectivity index (χ4v) is 4.22. The molecule has 0 saturated carbocycles. The molecule has 162 valence electrons. The number of hydrogen-bond donors (Lipinski definition) is 1. The van der Waals surface area contributed by atoms with Crippen molar-refractivity contribution in [1.29, 1.82) is 0 Å². The minimum absolute atomic E-state index is 0.0714. The number of rotatable bonds is 7. The summed E-state index contributed by atoms with van der Waals surface area (Å²) in [6.07, 6.45) is 3.43. The number of piperidine rings is 1. The van der Waals surface area contributed by atoms with Gasteiger partial charge in [0, 0.05) is 25.9 Å². The second-order valence-corrected chi connectivity index (χ2v) is 7.84. The number of nitrogens with zero attached hydrogens (tertiary/aromatic N) is 3. The lowest BCUT2D eigenvalue weighted by molar-refractivity contribution is -0.138. The number of amides is 2. The first-order valence-corrected chi connectivity index (χ1v) is 10.7. The SMILES string of the molecule is CCOc1ccc(C2=C(N3CCCC(CO)C3)C(=O)N(Cc3ccccn3)C2=O)cc1. The van der Waals surface area contributed by atoms with Crippen LogP contribution in [-0.4, -0.2) is 58.0 Å². The number of carbonyl (C=O) groups excluding carboxylic acids is 2. The van der Waals surface area contributed by atoms with Crippen molar-refractivity contribution in [3.05, 3.63) is 65.6 Å². The second-order valence-electron chi connectivity index (χ2n) is 7.84. The van der Waals surface area contributed by atoms with E-state index in [-0.39, 0.29) is 30.9 Å². The van der Waals surface area contributed by atoms with Crippen LogP contribution in [0, 0.1) is 5.92 Å². The first-order chi connectivity index (χ1) is 15.1. The van der Waals surface area contributed by atoms with Gasteiger partial charge in [0.15, 0.2) is 0 Å². The predicted molar refractivity (Wildman–Crippen MR) is 116 cm³/mol. The predicted octanol–water partition coefficient (Wildman–Crippen LogP) is 2.46. The molecule has 0 aliphatic carbocycles. The highest BCUT2D eigenvalue weighted by Gasteiger charge is 2.42. The Morgan fingerprint density at radius 3 is 2.61 bits per heavy atom. The van der Waals surface area contributed by atoms with E-state index >= 15 is 0 Å². The third-order valence-corrected chi connectivity index (χ3v) is 5.74. The van der Waals surface area contributed by atoms with Crippen molar-refractivity contribution < 1.29 is 19.4 Å². The molecule has 2 aromatic rings. The maximum atomic E-state index is 13.5. The molecule has 1 saturated heterocycles. The fraction of sp³-hybridized carbons (Fsp3) is 0.375. The maximum Gasteiger partial charge on any atom is 0.278 e. The molecule has 1 aromatic carbocycles. The zero-order valence-corrected chi connectivity index (χ0v) is 17.7. The average molecular weight is 421 g/mol. The van der Waals surface area contributed by atoms with Gasteiger partial charge in [-0.1, -0.05) is 18.2 Å². The van der Waals surface area contributed by atoms with Crippen LogP contribution in [0.15, 0.2) is 54.4 Å². The summed E-state index contributed by atoms with van der Waals surface area (Å²) in [6.45, 7) is 3.91. The third-order valence-electron chi connectivity index (χ3n) is 5.74. The Hall–Kier alpha value is -3.19. The molecule has 7 nitrogen and oxygen atoms in total. The Morgan fingerprint density at radius 2 is 1.94 bits per heavy atom. The molecule has 3 heterocycles. The van der Waals surface area contributed by atoms with Gasteiger partial charge in [0.25, 0.3) is 11.8 Å². The van der Waals surface area contributed by atoms with E-state index in [2.05, 4.69) is 4.98 Å². The van der Waals surface area contributed by atoms with E-state index in [0.717, 1.165) is 12.8 Å². The van der Waals surface area contributed by atoms with Crippen LogP contribution in [0.4, 0.5) is 0 Å². The fourth-order valence-electron chi connectivity index (χ4n) is 4.22. The Bertz CT molecular complexity index is 972. The number of aromatic nitrogens is 1. The van der Waals surface area contributed by atoms with Crippen molar-refractivity contribution >= 4 is 17.4 Å². The third kappa shape index (κ3) is 4.32. The van der Waals surface area contributed by atoms with Gasteiger partial charge in [-0.15, -0.1) is 0 Å². The first kappa shape index (κ1) is 21.1. The summed E-state index contributed by atoms with van der Waals surface area (Å²) in [4.78, 5) is 34.4. The van der Waals surface area contributed by atoms with E-state index in [1.54, 1.807) is 18.3 Å². The highest BCUT2D eigenvalue weighted by Crippen LogP contribution is 2.35. The molecule has 2 aliphatic heterocycles. The highest BCUT2D eigenvalue weighted by atomic mass is 16.5. The van der Waals surface area contributed by atoms with Crippen LogP contribution in [0.1, 0.15) is 31.0 Å². The number of ether oxygens (including phenoxy) is 1. The number of aliphatic hydroxyl groups excluding tert-OH is 1. The monoisotopic (exact) mass is 421 g/mol. The molecule has 31 heavy (non-hydrogen) atoms. The summed E-state index contributed by atoms with van der Waals surface area (Å²) < 4.78 is 5.52. The van der Waals surface area contributed by atoms with Crippen molar-refractivity contribution in [1.82, 2.24) is 14.8 Å². The smallest absolute Gasteiger partial charge is 0.278 e. The quantitative estimate of drug-likeness (QED) is 0.692. The Kier molecular flexibility index (Phi) is 6.32. The van der Waals surface area contributed by atoms with Gasteiger partial charge in [-0.3, -0.25) is 19.5 Å². The van der Waals surface area contributed by atoms with Crippen LogP contribution in [0.25, 0.3) is 5.57 Å². The summed E-state index contributed by atoms with van der Waals surface area (Å²) in [5.74, 6) is 0.184. The van der Waals surface area contributed by atoms with Crippen LogP contribution < -0.4 is 4.74 Å². The Labute approximate surface area is 182 Å². The number of aliphatic hydroxyl groups is 1. The second kappa shape index (κ2) is 9.31. The van der Waals surface area contributed by atoms with E-state index in [9.17, 15) is 14.7 Å². The van der Waals surface area contributed by atoms with Crippen LogP contribution in [0.3, 0.4) is 0 Å². The molecular formula is C24H27N3O4. The van der Waals surface area contributed by atoms with Crippen LogP contribution in [0.2, 0.25) is 0 Å². The number of benzene rings is 1. The average Bonchev–Trinajstić information content (AvgIpc) is 3.05. The zero-order chi connectivity index (χ0) is 21.8. The Balaban J connectivity index is 1.71. The van der Waals surface area contributed by atoms with Gasteiger partial charge in [-0.25, -0.2) is 0 Å². The molecule has 1 fully saturated rings. The lowest BCUT2D eigenvalue weighted by Gasteiger charge is -2.34. The molecule has 0 radical (unpaired) electrons. The zero-order valence-electron chi connectivity index (χ0n) is 17.7. The lowest BCUT2D eigenvalue weighted by Crippen LogP contribution is -2.40. The van der Waals surface area contributed by atoms with Crippen LogP contribution in [-0.2, 0) is 16.1 Å². The van der Waals surface area contributed by atoms with Gasteiger partial charge < -0.3 is 14.7 Å². The van der Waals surface area contributed by atoms with Gasteiger partial charge in [-0.2, -0.15) is 0 Å². The number of imide groups is 1. The van der Waals surface area contributed by atoms with Crippen molar-refractivity contribution in [3.63, 3.8) is 0 Å². The van der Waals surface area contributed by atoms with Gasteiger partial charge in [0.05, 0.1) is 24.4 Å². The van der Waals surface area contributed by atoms with Gasteiger partial charge in [-0.05, 0) is 55.5 Å². The van der Waals surface area contributed by atoms with Gasteiger partial charge in [0.1, 0.15) is 11.4 Å². The number of pyridine rings is 1. The van der Waals surface area contributed by atoms with Crippen molar-refractivity contribution in [3.8, 4) is 5.75 Å². The van der Waals surface area contributed by atoms with Crippen LogP contribution in [0.5, 0.6) is 5.75 Å². The van der Waals surface area contributed by atoms with Crippen molar-refractivity contribution in [2.75, 3.05) is 26.3 Å². The lowest BCUT2D eigenvalue weighted by atomic mass is 9.97. The minimum atomic E-state index is -0.319. The van der Waals surface area contributed by atoms with Crippen molar-refractivity contribution in [2.45, 2.75) is 26.3 Å². The summed E-state index contributed by atoms with van der Waals surface area (Å²) in [6, 6.07) is 12.7. The number of likely N-dealkylation sites (tertiary alicyclic amines) is 1. The van der Waals surface area contributed by atoms with Gasteiger partial charge in [0.2, 0.25) is 0 Å².